The van der Waals surface area contributed by atoms with Crippen molar-refractivity contribution in [3.63, 3.8) is 0 Å². The Morgan fingerprint density at radius 2 is 1.69 bits per heavy atom. The summed E-state index contributed by atoms with van der Waals surface area (Å²) in [6, 6.07) is 4.81. The molecular formula is C8H7ClF3NO2S. The highest BCUT2D eigenvalue weighted by Crippen LogP contribution is 2.16. The van der Waals surface area contributed by atoms with Crippen molar-refractivity contribution in [2.24, 2.45) is 0 Å². The first-order valence-corrected chi connectivity index (χ1v) is 5.89. The highest BCUT2D eigenvalue weighted by atomic mass is 35.5. The number of rotatable bonds is 3. The van der Waals surface area contributed by atoms with Gasteiger partial charge in [0.05, 0.1) is 4.90 Å². The lowest BCUT2D eigenvalue weighted by atomic mass is 10.4. The standard InChI is InChI=1S/C8H7ClF3NO2S/c9-6-1-3-7(4-2-6)16(14,15)13-5-8(10,11)12/h1-4,13H,5H2. The van der Waals surface area contributed by atoms with Crippen LogP contribution in [0.3, 0.4) is 0 Å². The van der Waals surface area contributed by atoms with E-state index in [1.807, 2.05) is 0 Å². The molecule has 0 bridgehead atoms. The number of alkyl halides is 3. The molecule has 90 valence electrons. The molecule has 0 aliphatic heterocycles. The second-order valence-corrected chi connectivity index (χ2v) is 5.10. The maximum atomic E-state index is 11.8. The van der Waals surface area contributed by atoms with E-state index in [-0.39, 0.29) is 4.90 Å². The lowest BCUT2D eigenvalue weighted by Crippen LogP contribution is -2.33. The van der Waals surface area contributed by atoms with Gasteiger partial charge >= 0.3 is 6.18 Å². The highest BCUT2D eigenvalue weighted by molar-refractivity contribution is 7.89. The van der Waals surface area contributed by atoms with E-state index >= 15 is 0 Å². The van der Waals surface area contributed by atoms with Crippen molar-refractivity contribution in [3.8, 4) is 0 Å². The number of hydrogen-bond acceptors (Lipinski definition) is 2. The van der Waals surface area contributed by atoms with E-state index in [4.69, 9.17) is 11.6 Å². The van der Waals surface area contributed by atoms with E-state index < -0.39 is 22.7 Å². The van der Waals surface area contributed by atoms with Gasteiger partial charge in [-0.05, 0) is 24.3 Å². The van der Waals surface area contributed by atoms with Crippen LogP contribution in [0.15, 0.2) is 29.2 Å². The maximum Gasteiger partial charge on any atom is 0.402 e. The van der Waals surface area contributed by atoms with Gasteiger partial charge in [0.1, 0.15) is 6.54 Å². The van der Waals surface area contributed by atoms with E-state index in [0.717, 1.165) is 12.1 Å². The van der Waals surface area contributed by atoms with Crippen LogP contribution in [0.5, 0.6) is 0 Å². The van der Waals surface area contributed by atoms with Crippen LogP contribution in [-0.4, -0.2) is 21.1 Å². The summed E-state index contributed by atoms with van der Waals surface area (Å²) >= 11 is 5.52. The van der Waals surface area contributed by atoms with Crippen LogP contribution in [0.1, 0.15) is 0 Å². The van der Waals surface area contributed by atoms with Crippen LogP contribution >= 0.6 is 11.6 Å². The molecule has 0 atom stereocenters. The predicted octanol–water partition coefficient (Wildman–Crippen LogP) is 2.18. The first-order valence-electron chi connectivity index (χ1n) is 4.03. The maximum absolute atomic E-state index is 11.8. The summed E-state index contributed by atoms with van der Waals surface area (Å²) in [6.07, 6.45) is -4.58. The van der Waals surface area contributed by atoms with Gasteiger partial charge in [-0.25, -0.2) is 13.1 Å². The van der Waals surface area contributed by atoms with E-state index in [1.54, 1.807) is 0 Å². The third-order valence-electron chi connectivity index (χ3n) is 1.59. The predicted molar refractivity (Wildman–Crippen MR) is 52.7 cm³/mol. The lowest BCUT2D eigenvalue weighted by molar-refractivity contribution is -0.121. The summed E-state index contributed by atoms with van der Waals surface area (Å²) in [6.45, 7) is -1.60. The topological polar surface area (TPSA) is 46.2 Å². The van der Waals surface area contributed by atoms with Crippen molar-refractivity contribution < 1.29 is 21.6 Å². The van der Waals surface area contributed by atoms with Crippen LogP contribution in [0, 0.1) is 0 Å². The van der Waals surface area contributed by atoms with Gasteiger partial charge in [0.2, 0.25) is 10.0 Å². The van der Waals surface area contributed by atoms with Gasteiger partial charge in [-0.1, -0.05) is 11.6 Å². The van der Waals surface area contributed by atoms with Gasteiger partial charge in [-0.15, -0.1) is 0 Å². The third kappa shape index (κ3) is 3.99. The van der Waals surface area contributed by atoms with E-state index in [1.165, 1.54) is 16.9 Å². The molecule has 0 aliphatic rings. The average Bonchev–Trinajstić information content (AvgIpc) is 2.15. The van der Waals surface area contributed by atoms with Crippen LogP contribution in [0.25, 0.3) is 0 Å². The molecule has 3 nitrogen and oxygen atoms in total. The number of halogens is 4. The van der Waals surface area contributed by atoms with Crippen molar-refractivity contribution in [1.29, 1.82) is 0 Å². The summed E-state index contributed by atoms with van der Waals surface area (Å²) < 4.78 is 59.6. The van der Waals surface area contributed by atoms with E-state index in [2.05, 4.69) is 0 Å². The Labute approximate surface area is 95.3 Å². The van der Waals surface area contributed by atoms with Gasteiger partial charge in [0, 0.05) is 5.02 Å². The van der Waals surface area contributed by atoms with Crippen molar-refractivity contribution in [1.82, 2.24) is 4.72 Å². The molecular weight excluding hydrogens is 267 g/mol. The largest absolute Gasteiger partial charge is 0.402 e. The molecule has 0 spiro atoms. The van der Waals surface area contributed by atoms with Crippen LogP contribution in [-0.2, 0) is 10.0 Å². The summed E-state index contributed by atoms with van der Waals surface area (Å²) in [5.41, 5.74) is 0. The molecule has 16 heavy (non-hydrogen) atoms. The van der Waals surface area contributed by atoms with E-state index in [0.29, 0.717) is 5.02 Å². The summed E-state index contributed by atoms with van der Waals surface area (Å²) in [7, 11) is -4.14. The molecule has 1 aromatic rings. The molecule has 0 fully saturated rings. The Morgan fingerprint density at radius 3 is 2.12 bits per heavy atom. The molecule has 1 N–H and O–H groups in total. The molecule has 0 aliphatic carbocycles. The van der Waals surface area contributed by atoms with Crippen LogP contribution < -0.4 is 4.72 Å². The lowest BCUT2D eigenvalue weighted by Gasteiger charge is -2.09. The minimum Gasteiger partial charge on any atom is -0.207 e. The van der Waals surface area contributed by atoms with Gasteiger partial charge in [-0.2, -0.15) is 13.2 Å². The first kappa shape index (κ1) is 13.3. The van der Waals surface area contributed by atoms with E-state index in [9.17, 15) is 21.6 Å². The smallest absolute Gasteiger partial charge is 0.207 e. The van der Waals surface area contributed by atoms with Crippen molar-refractivity contribution in [2.75, 3.05) is 6.54 Å². The Bertz CT molecular complexity index is 455. The molecule has 0 amide bonds. The second-order valence-electron chi connectivity index (χ2n) is 2.89. The Morgan fingerprint density at radius 1 is 1.19 bits per heavy atom. The zero-order valence-electron chi connectivity index (χ0n) is 7.75. The van der Waals surface area contributed by atoms with Gasteiger partial charge in [0.25, 0.3) is 0 Å². The summed E-state index contributed by atoms with van der Waals surface area (Å²) in [5, 5.41) is 0.301. The first-order chi connectivity index (χ1) is 7.21. The number of hydrogen-bond donors (Lipinski definition) is 1. The molecule has 0 saturated carbocycles. The minimum absolute atomic E-state index is 0.263. The minimum atomic E-state index is -4.58. The van der Waals surface area contributed by atoms with Gasteiger partial charge in [-0.3, -0.25) is 0 Å². The fraction of sp³-hybridized carbons (Fsp3) is 0.250. The van der Waals surface area contributed by atoms with Gasteiger partial charge in [0.15, 0.2) is 0 Å². The zero-order valence-corrected chi connectivity index (χ0v) is 9.33. The van der Waals surface area contributed by atoms with Crippen LogP contribution in [0.4, 0.5) is 13.2 Å². The fourth-order valence-corrected chi connectivity index (χ4v) is 2.01. The normalized spacial score (nSPS) is 12.8. The Hall–Kier alpha value is -0.790. The average molecular weight is 274 g/mol. The summed E-state index contributed by atoms with van der Waals surface area (Å²) in [5.74, 6) is 0. The number of sulfonamides is 1. The second kappa shape index (κ2) is 4.60. The van der Waals surface area contributed by atoms with Crippen LogP contribution in [0.2, 0.25) is 5.02 Å². The molecule has 0 heterocycles. The number of nitrogens with one attached hydrogen (secondary N) is 1. The zero-order chi connectivity index (χ0) is 12.4. The SMILES string of the molecule is O=S(=O)(NCC(F)(F)F)c1ccc(Cl)cc1. The molecule has 0 unspecified atom stereocenters. The van der Waals surface area contributed by atoms with Gasteiger partial charge < -0.3 is 0 Å². The number of benzene rings is 1. The molecule has 0 aromatic heterocycles. The summed E-state index contributed by atoms with van der Waals surface area (Å²) in [4.78, 5) is -0.263. The Balaban J connectivity index is 2.83. The van der Waals surface area contributed by atoms with Crippen molar-refractivity contribution in [3.05, 3.63) is 29.3 Å². The highest BCUT2D eigenvalue weighted by Gasteiger charge is 2.29. The molecule has 1 rings (SSSR count). The molecule has 0 radical (unpaired) electrons. The monoisotopic (exact) mass is 273 g/mol. The molecule has 1 aromatic carbocycles. The van der Waals surface area contributed by atoms with Crippen molar-refractivity contribution >= 4 is 21.6 Å². The molecule has 0 saturated heterocycles. The molecule has 8 heteroatoms. The Kier molecular flexibility index (Phi) is 3.82. The quantitative estimate of drug-likeness (QED) is 0.917. The van der Waals surface area contributed by atoms with Crippen molar-refractivity contribution in [2.45, 2.75) is 11.1 Å². The third-order valence-corrected chi connectivity index (χ3v) is 3.26. The fourth-order valence-electron chi connectivity index (χ4n) is 0.874.